The third-order valence-electron chi connectivity index (χ3n) is 6.18. The van der Waals surface area contributed by atoms with E-state index in [0.717, 1.165) is 38.5 Å². The quantitative estimate of drug-likeness (QED) is 0.223. The number of hydrogen-bond donors (Lipinski definition) is 1. The Morgan fingerprint density at radius 3 is 2.29 bits per heavy atom. The summed E-state index contributed by atoms with van der Waals surface area (Å²) in [5.41, 5.74) is -0.500. The number of unbranched alkanes of at least 4 members (excludes halogenated alkanes) is 1. The van der Waals surface area contributed by atoms with Crippen LogP contribution in [0.25, 0.3) is 0 Å². The molecule has 1 aliphatic rings. The summed E-state index contributed by atoms with van der Waals surface area (Å²) in [6, 6.07) is 0. The molecule has 2 atom stereocenters. The molecule has 1 aliphatic carbocycles. The molecule has 0 aromatic carbocycles. The van der Waals surface area contributed by atoms with Crippen LogP contribution in [0.3, 0.4) is 0 Å². The monoisotopic (exact) mass is 411 g/mol. The molecule has 0 aliphatic heterocycles. The second-order valence-electron chi connectivity index (χ2n) is 9.79. The molecule has 0 saturated heterocycles. The van der Waals surface area contributed by atoms with Crippen molar-refractivity contribution in [3.05, 3.63) is 12.7 Å². The molecular formula is C23H45NO3Si. The van der Waals surface area contributed by atoms with Crippen LogP contribution in [0.15, 0.2) is 12.7 Å². The molecule has 4 nitrogen and oxygen atoms in total. The lowest BCUT2D eigenvalue weighted by Gasteiger charge is -2.45. The molecule has 0 aromatic heterocycles. The molecule has 0 radical (unpaired) electrons. The van der Waals surface area contributed by atoms with Gasteiger partial charge in [0.1, 0.15) is 5.54 Å². The second-order valence-corrected chi connectivity index (χ2v) is 12.2. The number of carbonyl (C=O) groups is 1. The lowest BCUT2D eigenvalue weighted by Crippen LogP contribution is -2.57. The van der Waals surface area contributed by atoms with Gasteiger partial charge in [0, 0.05) is 0 Å². The summed E-state index contributed by atoms with van der Waals surface area (Å²) in [6.45, 7) is 17.9. The van der Waals surface area contributed by atoms with Crippen LogP contribution in [-0.4, -0.2) is 40.3 Å². The first kappa shape index (κ1) is 25.4. The van der Waals surface area contributed by atoms with Crippen molar-refractivity contribution in [3.63, 3.8) is 0 Å². The summed E-state index contributed by atoms with van der Waals surface area (Å²) in [5, 5.41) is 3.35. The Bertz CT molecular complexity index is 481. The van der Waals surface area contributed by atoms with Crippen LogP contribution >= 0.6 is 0 Å². The van der Waals surface area contributed by atoms with Crippen molar-refractivity contribution < 1.29 is 14.0 Å². The molecule has 0 amide bonds. The van der Waals surface area contributed by atoms with Crippen LogP contribution in [0.5, 0.6) is 0 Å². The van der Waals surface area contributed by atoms with Crippen LogP contribution in [0.2, 0.25) is 13.1 Å². The highest BCUT2D eigenvalue weighted by Gasteiger charge is 2.47. The van der Waals surface area contributed by atoms with Gasteiger partial charge in [-0.05, 0) is 75.9 Å². The van der Waals surface area contributed by atoms with E-state index >= 15 is 0 Å². The van der Waals surface area contributed by atoms with Crippen molar-refractivity contribution in [1.82, 2.24) is 5.32 Å². The van der Waals surface area contributed by atoms with Gasteiger partial charge in [-0.25, -0.2) is 0 Å². The van der Waals surface area contributed by atoms with E-state index in [0.29, 0.717) is 25.0 Å². The van der Waals surface area contributed by atoms with Crippen LogP contribution in [0.1, 0.15) is 72.6 Å². The van der Waals surface area contributed by atoms with Gasteiger partial charge in [-0.2, -0.15) is 0 Å². The minimum Gasteiger partial charge on any atom is -0.464 e. The van der Waals surface area contributed by atoms with Gasteiger partial charge in [-0.1, -0.05) is 40.2 Å². The van der Waals surface area contributed by atoms with Gasteiger partial charge in [0.15, 0.2) is 9.04 Å². The first-order chi connectivity index (χ1) is 13.1. The van der Waals surface area contributed by atoms with Crippen molar-refractivity contribution in [2.24, 2.45) is 17.3 Å². The number of esters is 1. The molecule has 0 aromatic rings. The zero-order valence-corrected chi connectivity index (χ0v) is 20.6. The zero-order chi connectivity index (χ0) is 21.4. The average Bonchev–Trinajstić information content (AvgIpc) is 2.63. The standard InChI is InChI=1S/C23H45NO3Si/c1-9-11-17-26-21(25)23(24-6,16-10-2)19-14-12-18(13-15-19)20(22(3,4)5)27-28(7)8/h10,18-20,24,28H,2,9,11-17H2,1,3-8H3. The van der Waals surface area contributed by atoms with E-state index in [-0.39, 0.29) is 17.3 Å². The Labute approximate surface area is 175 Å². The van der Waals surface area contributed by atoms with Gasteiger partial charge in [-0.15, -0.1) is 6.58 Å². The molecule has 0 bridgehead atoms. The maximum atomic E-state index is 13.0. The summed E-state index contributed by atoms with van der Waals surface area (Å²) in [7, 11) is 0.793. The van der Waals surface area contributed by atoms with Gasteiger partial charge in [0.25, 0.3) is 0 Å². The lowest BCUT2D eigenvalue weighted by atomic mass is 9.66. The summed E-state index contributed by atoms with van der Waals surface area (Å²) in [4.78, 5) is 13.0. The molecule has 0 spiro atoms. The van der Waals surface area contributed by atoms with E-state index in [4.69, 9.17) is 9.16 Å². The van der Waals surface area contributed by atoms with Crippen molar-refractivity contribution >= 4 is 15.0 Å². The Morgan fingerprint density at radius 2 is 1.86 bits per heavy atom. The molecule has 1 saturated carbocycles. The summed E-state index contributed by atoms with van der Waals surface area (Å²) in [6.07, 6.45) is 8.98. The Morgan fingerprint density at radius 1 is 1.25 bits per heavy atom. The number of likely N-dealkylation sites (N-methyl/N-ethyl adjacent to an activating group) is 1. The molecule has 1 fully saturated rings. The molecule has 0 heterocycles. The molecule has 164 valence electrons. The van der Waals surface area contributed by atoms with Crippen molar-refractivity contribution in [1.29, 1.82) is 0 Å². The highest BCUT2D eigenvalue weighted by molar-refractivity contribution is 6.48. The highest BCUT2D eigenvalue weighted by Crippen LogP contribution is 2.43. The van der Waals surface area contributed by atoms with Crippen LogP contribution in [0.4, 0.5) is 0 Å². The predicted molar refractivity (Wildman–Crippen MR) is 121 cm³/mol. The van der Waals surface area contributed by atoms with E-state index in [1.165, 1.54) is 0 Å². The number of carbonyl (C=O) groups excluding carboxylic acids is 1. The maximum absolute atomic E-state index is 13.0. The number of nitrogens with one attached hydrogen (secondary N) is 1. The van der Waals surface area contributed by atoms with Gasteiger partial charge in [-0.3, -0.25) is 4.79 Å². The minimum atomic E-state index is -1.10. The van der Waals surface area contributed by atoms with Gasteiger partial charge < -0.3 is 14.5 Å². The lowest BCUT2D eigenvalue weighted by molar-refractivity contribution is -0.155. The SMILES string of the molecule is C=CCC(NC)(C(=O)OCCCC)C1CCC(C(O[SiH](C)C)C(C)(C)C)CC1. The maximum Gasteiger partial charge on any atom is 0.326 e. The topological polar surface area (TPSA) is 47.6 Å². The Kier molecular flexibility index (Phi) is 10.4. The molecule has 28 heavy (non-hydrogen) atoms. The summed E-state index contributed by atoms with van der Waals surface area (Å²) >= 11 is 0. The molecular weight excluding hydrogens is 366 g/mol. The fraction of sp³-hybridized carbons (Fsp3) is 0.870. The van der Waals surface area contributed by atoms with Crippen molar-refractivity contribution in [2.45, 2.75) is 97.4 Å². The smallest absolute Gasteiger partial charge is 0.326 e. The fourth-order valence-corrected chi connectivity index (χ4v) is 5.94. The first-order valence-corrected chi connectivity index (χ1v) is 14.0. The zero-order valence-electron chi connectivity index (χ0n) is 19.5. The van der Waals surface area contributed by atoms with Crippen LogP contribution in [-0.2, 0) is 14.0 Å². The van der Waals surface area contributed by atoms with Gasteiger partial charge in [0.05, 0.1) is 12.7 Å². The summed E-state index contributed by atoms with van der Waals surface area (Å²) < 4.78 is 12.1. The molecule has 2 unspecified atom stereocenters. The third-order valence-corrected chi connectivity index (χ3v) is 7.01. The second kappa shape index (κ2) is 11.5. The van der Waals surface area contributed by atoms with E-state index < -0.39 is 14.6 Å². The van der Waals surface area contributed by atoms with Crippen molar-refractivity contribution in [2.75, 3.05) is 13.7 Å². The largest absolute Gasteiger partial charge is 0.464 e. The minimum absolute atomic E-state index is 0.106. The van der Waals surface area contributed by atoms with E-state index in [9.17, 15) is 4.79 Å². The Balaban J connectivity index is 2.89. The fourth-order valence-electron chi connectivity index (χ4n) is 4.72. The average molecular weight is 412 g/mol. The van der Waals surface area contributed by atoms with E-state index in [1.54, 1.807) is 0 Å². The summed E-state index contributed by atoms with van der Waals surface area (Å²) in [5.74, 6) is 0.739. The highest BCUT2D eigenvalue weighted by atomic mass is 28.3. The van der Waals surface area contributed by atoms with E-state index in [1.807, 2.05) is 13.1 Å². The molecule has 1 N–H and O–H groups in total. The molecule has 1 rings (SSSR count). The molecule has 5 heteroatoms. The normalized spacial score (nSPS) is 23.9. The predicted octanol–water partition coefficient (Wildman–Crippen LogP) is 5.09. The first-order valence-electron chi connectivity index (χ1n) is 11.2. The van der Waals surface area contributed by atoms with Gasteiger partial charge >= 0.3 is 5.97 Å². The van der Waals surface area contributed by atoms with E-state index in [2.05, 4.69) is 52.7 Å². The van der Waals surface area contributed by atoms with Crippen LogP contribution < -0.4 is 5.32 Å². The number of rotatable bonds is 11. The van der Waals surface area contributed by atoms with Gasteiger partial charge in [0.2, 0.25) is 0 Å². The number of ether oxygens (including phenoxy) is 1. The van der Waals surface area contributed by atoms with Crippen LogP contribution in [0, 0.1) is 17.3 Å². The number of hydrogen-bond acceptors (Lipinski definition) is 4. The Hall–Kier alpha value is -0.653. The third kappa shape index (κ3) is 6.70. The van der Waals surface area contributed by atoms with Crippen molar-refractivity contribution in [3.8, 4) is 0 Å².